The minimum atomic E-state index is 0.103. The number of nitriles is 1. The van der Waals surface area contributed by atoms with E-state index in [0.717, 1.165) is 5.56 Å². The molecular formula is C12H13NO3. The van der Waals surface area contributed by atoms with Gasteiger partial charge in [-0.3, -0.25) is 0 Å². The van der Waals surface area contributed by atoms with E-state index in [2.05, 4.69) is 6.07 Å². The summed E-state index contributed by atoms with van der Waals surface area (Å²) in [7, 11) is 1.60. The summed E-state index contributed by atoms with van der Waals surface area (Å²) in [6.45, 7) is 1.23. The second-order valence-corrected chi connectivity index (χ2v) is 3.60. The molecule has 84 valence electrons. The van der Waals surface area contributed by atoms with E-state index < -0.39 is 0 Å². The molecule has 1 aliphatic rings. The molecule has 1 heterocycles. The zero-order chi connectivity index (χ0) is 11.4. The van der Waals surface area contributed by atoms with Crippen molar-refractivity contribution in [1.82, 2.24) is 0 Å². The van der Waals surface area contributed by atoms with Crippen LogP contribution in [0.2, 0.25) is 0 Å². The highest BCUT2D eigenvalue weighted by Gasteiger charge is 2.21. The van der Waals surface area contributed by atoms with Gasteiger partial charge < -0.3 is 14.2 Å². The Morgan fingerprint density at radius 1 is 1.44 bits per heavy atom. The summed E-state index contributed by atoms with van der Waals surface area (Å²) in [6.07, 6.45) is 0.480. The van der Waals surface area contributed by atoms with E-state index in [-0.39, 0.29) is 6.10 Å². The molecule has 1 aromatic rings. The quantitative estimate of drug-likeness (QED) is 0.770. The highest BCUT2D eigenvalue weighted by Crippen LogP contribution is 2.30. The van der Waals surface area contributed by atoms with Gasteiger partial charge in [-0.25, -0.2) is 0 Å². The molecular weight excluding hydrogens is 206 g/mol. The molecule has 0 aliphatic carbocycles. The van der Waals surface area contributed by atoms with E-state index in [0.29, 0.717) is 31.1 Å². The zero-order valence-corrected chi connectivity index (χ0v) is 9.10. The molecule has 0 unspecified atom stereocenters. The molecule has 0 N–H and O–H groups in total. The van der Waals surface area contributed by atoms with Crippen LogP contribution in [0.1, 0.15) is 5.56 Å². The first kappa shape index (κ1) is 10.8. The molecule has 4 nitrogen and oxygen atoms in total. The monoisotopic (exact) mass is 219 g/mol. The summed E-state index contributed by atoms with van der Waals surface area (Å²) in [5, 5.41) is 8.63. The van der Waals surface area contributed by atoms with Gasteiger partial charge in [0.05, 0.1) is 32.8 Å². The first-order valence-electron chi connectivity index (χ1n) is 5.11. The van der Waals surface area contributed by atoms with E-state index in [9.17, 15) is 0 Å². The molecule has 16 heavy (non-hydrogen) atoms. The maximum absolute atomic E-state index is 8.63. The highest BCUT2D eigenvalue weighted by atomic mass is 16.6. The first-order valence-corrected chi connectivity index (χ1v) is 5.11. The second-order valence-electron chi connectivity index (χ2n) is 3.60. The topological polar surface area (TPSA) is 51.5 Å². The fourth-order valence-electron chi connectivity index (χ4n) is 1.48. The first-order chi connectivity index (χ1) is 7.83. The average Bonchev–Trinajstić information content (AvgIpc) is 2.24. The Balaban J connectivity index is 2.17. The molecule has 0 radical (unpaired) electrons. The molecule has 1 aromatic carbocycles. The fraction of sp³-hybridized carbons (Fsp3) is 0.417. The lowest BCUT2D eigenvalue weighted by molar-refractivity contribution is -0.0803. The lowest BCUT2D eigenvalue weighted by Gasteiger charge is -2.27. The number of hydrogen-bond donors (Lipinski definition) is 0. The number of methoxy groups -OCH3 is 1. The van der Waals surface area contributed by atoms with Crippen LogP contribution in [0.5, 0.6) is 11.5 Å². The van der Waals surface area contributed by atoms with Crippen molar-refractivity contribution < 1.29 is 14.2 Å². The third kappa shape index (κ3) is 2.26. The smallest absolute Gasteiger partial charge is 0.162 e. The summed E-state index contributed by atoms with van der Waals surface area (Å²) in [4.78, 5) is 0. The van der Waals surface area contributed by atoms with Crippen LogP contribution in [0.4, 0.5) is 0 Å². The summed E-state index contributed by atoms with van der Waals surface area (Å²) >= 11 is 0. The van der Waals surface area contributed by atoms with Crippen LogP contribution >= 0.6 is 0 Å². The predicted molar refractivity (Wildman–Crippen MR) is 57.5 cm³/mol. The van der Waals surface area contributed by atoms with Gasteiger partial charge in [0.15, 0.2) is 11.5 Å². The van der Waals surface area contributed by atoms with Crippen molar-refractivity contribution in [1.29, 1.82) is 5.26 Å². The number of ether oxygens (including phenoxy) is 3. The van der Waals surface area contributed by atoms with Crippen molar-refractivity contribution in [2.24, 2.45) is 0 Å². The van der Waals surface area contributed by atoms with Crippen LogP contribution in [0.25, 0.3) is 0 Å². The summed E-state index contributed by atoms with van der Waals surface area (Å²) in [5.74, 6) is 1.37. The van der Waals surface area contributed by atoms with Gasteiger partial charge in [-0.15, -0.1) is 0 Å². The van der Waals surface area contributed by atoms with Gasteiger partial charge in [0, 0.05) is 0 Å². The molecule has 2 rings (SSSR count). The van der Waals surface area contributed by atoms with Gasteiger partial charge in [-0.05, 0) is 17.7 Å². The normalized spacial score (nSPS) is 15.0. The van der Waals surface area contributed by atoms with E-state index in [4.69, 9.17) is 19.5 Å². The molecule has 0 spiro atoms. The Bertz CT molecular complexity index is 407. The lowest BCUT2D eigenvalue weighted by atomic mass is 10.1. The Morgan fingerprint density at radius 2 is 2.25 bits per heavy atom. The summed E-state index contributed by atoms with van der Waals surface area (Å²) in [5.41, 5.74) is 0.929. The van der Waals surface area contributed by atoms with Crippen molar-refractivity contribution in [2.75, 3.05) is 20.3 Å². The second kappa shape index (κ2) is 4.86. The SMILES string of the molecule is COc1ccc(CC#N)cc1OC1COC1. The third-order valence-electron chi connectivity index (χ3n) is 2.41. The van der Waals surface area contributed by atoms with Crippen LogP contribution < -0.4 is 9.47 Å². The maximum atomic E-state index is 8.63. The van der Waals surface area contributed by atoms with E-state index in [1.54, 1.807) is 7.11 Å². The van der Waals surface area contributed by atoms with Crippen molar-refractivity contribution in [3.05, 3.63) is 23.8 Å². The van der Waals surface area contributed by atoms with Crippen molar-refractivity contribution >= 4 is 0 Å². The highest BCUT2D eigenvalue weighted by molar-refractivity contribution is 5.43. The zero-order valence-electron chi connectivity index (χ0n) is 9.10. The Morgan fingerprint density at radius 3 is 2.81 bits per heavy atom. The van der Waals surface area contributed by atoms with Gasteiger partial charge in [-0.2, -0.15) is 5.26 Å². The largest absolute Gasteiger partial charge is 0.493 e. The van der Waals surface area contributed by atoms with Gasteiger partial charge in [-0.1, -0.05) is 6.07 Å². The predicted octanol–water partition coefficient (Wildman–Crippen LogP) is 1.54. The Labute approximate surface area is 94.3 Å². The average molecular weight is 219 g/mol. The van der Waals surface area contributed by atoms with Crippen LogP contribution in [0.15, 0.2) is 18.2 Å². The van der Waals surface area contributed by atoms with Crippen LogP contribution in [-0.2, 0) is 11.2 Å². The standard InChI is InChI=1S/C12H13NO3/c1-14-11-3-2-9(4-5-13)6-12(11)16-10-7-15-8-10/h2-3,6,10H,4,7-8H2,1H3. The van der Waals surface area contributed by atoms with Gasteiger partial charge in [0.25, 0.3) is 0 Å². The maximum Gasteiger partial charge on any atom is 0.162 e. The lowest BCUT2D eigenvalue weighted by Crippen LogP contribution is -2.38. The molecule has 4 heteroatoms. The fourth-order valence-corrected chi connectivity index (χ4v) is 1.48. The molecule has 0 bridgehead atoms. The van der Waals surface area contributed by atoms with E-state index >= 15 is 0 Å². The van der Waals surface area contributed by atoms with Crippen molar-refractivity contribution in [2.45, 2.75) is 12.5 Å². The Kier molecular flexibility index (Phi) is 3.28. The van der Waals surface area contributed by atoms with Gasteiger partial charge in [0.1, 0.15) is 6.10 Å². The van der Waals surface area contributed by atoms with Crippen LogP contribution in [-0.4, -0.2) is 26.4 Å². The number of hydrogen-bond acceptors (Lipinski definition) is 4. The molecule has 1 aliphatic heterocycles. The third-order valence-corrected chi connectivity index (χ3v) is 2.41. The molecule has 0 amide bonds. The van der Waals surface area contributed by atoms with E-state index in [1.165, 1.54) is 0 Å². The van der Waals surface area contributed by atoms with Crippen LogP contribution in [0.3, 0.4) is 0 Å². The molecule has 0 aromatic heterocycles. The molecule has 1 fully saturated rings. The molecule has 0 saturated carbocycles. The summed E-state index contributed by atoms with van der Waals surface area (Å²) < 4.78 is 15.9. The number of nitrogens with zero attached hydrogens (tertiary/aromatic N) is 1. The minimum absolute atomic E-state index is 0.103. The van der Waals surface area contributed by atoms with Crippen molar-refractivity contribution in [3.8, 4) is 17.6 Å². The number of rotatable bonds is 4. The van der Waals surface area contributed by atoms with Crippen LogP contribution in [0, 0.1) is 11.3 Å². The van der Waals surface area contributed by atoms with Crippen molar-refractivity contribution in [3.63, 3.8) is 0 Å². The molecule has 0 atom stereocenters. The van der Waals surface area contributed by atoms with E-state index in [1.807, 2.05) is 18.2 Å². The summed E-state index contributed by atoms with van der Waals surface area (Å²) in [6, 6.07) is 7.64. The Hall–Kier alpha value is -1.73. The molecule has 1 saturated heterocycles. The number of benzene rings is 1. The minimum Gasteiger partial charge on any atom is -0.493 e. The van der Waals surface area contributed by atoms with Gasteiger partial charge >= 0.3 is 0 Å². The van der Waals surface area contributed by atoms with Gasteiger partial charge in [0.2, 0.25) is 0 Å².